The van der Waals surface area contributed by atoms with E-state index in [0.717, 1.165) is 0 Å². The van der Waals surface area contributed by atoms with Gasteiger partial charge in [-0.25, -0.2) is 4.79 Å². The highest BCUT2D eigenvalue weighted by molar-refractivity contribution is 5.94. The summed E-state index contributed by atoms with van der Waals surface area (Å²) in [6, 6.07) is 2.44. The van der Waals surface area contributed by atoms with Crippen LogP contribution >= 0.6 is 0 Å². The average Bonchev–Trinajstić information content (AvgIpc) is 2.65. The van der Waals surface area contributed by atoms with Crippen LogP contribution in [0.25, 0.3) is 0 Å². The molecule has 5 nitrogen and oxygen atoms in total. The minimum atomic E-state index is -1.02. The van der Waals surface area contributed by atoms with Gasteiger partial charge in [-0.1, -0.05) is 6.92 Å². The van der Waals surface area contributed by atoms with Crippen molar-refractivity contribution in [3.8, 4) is 0 Å². The van der Waals surface area contributed by atoms with Crippen LogP contribution in [-0.2, 0) is 4.79 Å². The Morgan fingerprint density at radius 1 is 1.64 bits per heavy atom. The predicted molar refractivity (Wildman–Crippen MR) is 50.0 cm³/mol. The molecule has 3 N–H and O–H groups in total. The van der Waals surface area contributed by atoms with Crippen LogP contribution < -0.4 is 5.32 Å². The quantitative estimate of drug-likeness (QED) is 0.659. The number of amides is 1. The number of carbonyl (C=O) groups excluding carboxylic acids is 1. The van der Waals surface area contributed by atoms with E-state index in [4.69, 9.17) is 5.11 Å². The highest BCUT2D eigenvalue weighted by Crippen LogP contribution is 1.97. The fourth-order valence-corrected chi connectivity index (χ4v) is 1.05. The maximum atomic E-state index is 11.4. The van der Waals surface area contributed by atoms with Crippen LogP contribution in [0, 0.1) is 0 Å². The van der Waals surface area contributed by atoms with Gasteiger partial charge in [-0.05, 0) is 18.6 Å². The number of aromatic nitrogens is 1. The standard InChI is InChI=1S/C9H12N2O3/c1-2-6(9(13)14)11-8(12)7-4-3-5-10-7/h3-6,10H,2H2,1H3,(H,11,12)(H,13,14)/t6-/m1/s1. The van der Waals surface area contributed by atoms with Crippen LogP contribution in [0.4, 0.5) is 0 Å². The molecule has 1 aromatic rings. The molecule has 0 spiro atoms. The molecule has 0 aliphatic carbocycles. The third kappa shape index (κ3) is 2.35. The fraction of sp³-hybridized carbons (Fsp3) is 0.333. The first-order valence-corrected chi connectivity index (χ1v) is 4.32. The molecule has 0 aliphatic heterocycles. The van der Waals surface area contributed by atoms with E-state index in [1.54, 1.807) is 25.3 Å². The molecule has 5 heteroatoms. The molecule has 0 bridgehead atoms. The van der Waals surface area contributed by atoms with E-state index in [2.05, 4.69) is 10.3 Å². The summed E-state index contributed by atoms with van der Waals surface area (Å²) in [5, 5.41) is 11.1. The topological polar surface area (TPSA) is 82.2 Å². The number of hydrogen-bond donors (Lipinski definition) is 3. The lowest BCUT2D eigenvalue weighted by Gasteiger charge is -2.10. The van der Waals surface area contributed by atoms with Crippen LogP contribution in [0.2, 0.25) is 0 Å². The summed E-state index contributed by atoms with van der Waals surface area (Å²) < 4.78 is 0. The molecule has 0 unspecified atom stereocenters. The van der Waals surface area contributed by atoms with Gasteiger partial charge in [0.05, 0.1) is 0 Å². The molecule has 0 aliphatic rings. The van der Waals surface area contributed by atoms with Crippen molar-refractivity contribution in [2.24, 2.45) is 0 Å². The van der Waals surface area contributed by atoms with Crippen molar-refractivity contribution >= 4 is 11.9 Å². The second-order valence-corrected chi connectivity index (χ2v) is 2.86. The lowest BCUT2D eigenvalue weighted by molar-refractivity contribution is -0.139. The van der Waals surface area contributed by atoms with Crippen molar-refractivity contribution in [3.63, 3.8) is 0 Å². The first-order chi connectivity index (χ1) is 6.65. The number of aromatic amines is 1. The monoisotopic (exact) mass is 196 g/mol. The van der Waals surface area contributed by atoms with Gasteiger partial charge in [0.2, 0.25) is 0 Å². The van der Waals surface area contributed by atoms with Crippen LogP contribution in [0.15, 0.2) is 18.3 Å². The minimum absolute atomic E-state index is 0.363. The third-order valence-electron chi connectivity index (χ3n) is 1.85. The first kappa shape index (κ1) is 10.3. The molecule has 1 amide bonds. The summed E-state index contributed by atoms with van der Waals surface area (Å²) in [5.74, 6) is -1.42. The Hall–Kier alpha value is -1.78. The number of hydrogen-bond acceptors (Lipinski definition) is 2. The van der Waals surface area contributed by atoms with Gasteiger partial charge in [0, 0.05) is 6.20 Å². The highest BCUT2D eigenvalue weighted by Gasteiger charge is 2.18. The molecule has 0 saturated heterocycles. The maximum absolute atomic E-state index is 11.4. The Kier molecular flexibility index (Phi) is 3.28. The van der Waals surface area contributed by atoms with Crippen molar-refractivity contribution in [1.29, 1.82) is 0 Å². The molecule has 76 valence electrons. The highest BCUT2D eigenvalue weighted by atomic mass is 16.4. The van der Waals surface area contributed by atoms with Crippen LogP contribution in [-0.4, -0.2) is 28.0 Å². The van der Waals surface area contributed by atoms with Gasteiger partial charge >= 0.3 is 5.97 Å². The van der Waals surface area contributed by atoms with E-state index in [-0.39, 0.29) is 0 Å². The van der Waals surface area contributed by atoms with E-state index in [0.29, 0.717) is 12.1 Å². The second-order valence-electron chi connectivity index (χ2n) is 2.86. The number of nitrogens with one attached hydrogen (secondary N) is 2. The van der Waals surface area contributed by atoms with Gasteiger partial charge in [-0.2, -0.15) is 0 Å². The largest absolute Gasteiger partial charge is 0.480 e. The molecule has 1 atom stereocenters. The van der Waals surface area contributed by atoms with Gasteiger partial charge in [0.25, 0.3) is 5.91 Å². The van der Waals surface area contributed by atoms with Gasteiger partial charge in [-0.3, -0.25) is 4.79 Å². The fourth-order valence-electron chi connectivity index (χ4n) is 1.05. The summed E-state index contributed by atoms with van der Waals surface area (Å²) in [5.41, 5.74) is 0.365. The molecule has 14 heavy (non-hydrogen) atoms. The zero-order valence-electron chi connectivity index (χ0n) is 7.78. The number of H-pyrrole nitrogens is 1. The molecule has 1 aromatic heterocycles. The normalized spacial score (nSPS) is 12.1. The molecular formula is C9H12N2O3. The number of carbonyl (C=O) groups is 2. The smallest absolute Gasteiger partial charge is 0.326 e. The lowest BCUT2D eigenvalue weighted by Crippen LogP contribution is -2.40. The Morgan fingerprint density at radius 2 is 2.36 bits per heavy atom. The Bertz CT molecular complexity index is 319. The molecule has 0 aromatic carbocycles. The summed E-state index contributed by atoms with van der Waals surface area (Å²) in [6.45, 7) is 1.70. The van der Waals surface area contributed by atoms with Gasteiger partial charge in [0.15, 0.2) is 0 Å². The number of rotatable bonds is 4. The Labute approximate surface area is 81.1 Å². The summed E-state index contributed by atoms with van der Waals surface area (Å²) in [4.78, 5) is 24.7. The molecule has 1 rings (SSSR count). The molecule has 0 radical (unpaired) electrons. The Balaban J connectivity index is 2.60. The first-order valence-electron chi connectivity index (χ1n) is 4.32. The van der Waals surface area contributed by atoms with Crippen molar-refractivity contribution < 1.29 is 14.7 Å². The SMILES string of the molecule is CC[C@@H](NC(=O)c1ccc[nH]1)C(=O)O. The predicted octanol–water partition coefficient (Wildman–Crippen LogP) is 0.608. The van der Waals surface area contributed by atoms with E-state index >= 15 is 0 Å². The van der Waals surface area contributed by atoms with Gasteiger partial charge in [0.1, 0.15) is 11.7 Å². The number of carboxylic acids is 1. The van der Waals surface area contributed by atoms with Crippen molar-refractivity contribution in [3.05, 3.63) is 24.0 Å². The molecule has 1 heterocycles. The van der Waals surface area contributed by atoms with Gasteiger partial charge in [-0.15, -0.1) is 0 Å². The van der Waals surface area contributed by atoms with E-state index in [1.165, 1.54) is 0 Å². The van der Waals surface area contributed by atoms with E-state index in [9.17, 15) is 9.59 Å². The second kappa shape index (κ2) is 4.45. The summed E-state index contributed by atoms with van der Waals surface area (Å²) in [6.07, 6.45) is 1.97. The molecule has 0 saturated carbocycles. The zero-order chi connectivity index (χ0) is 10.6. The van der Waals surface area contributed by atoms with Crippen LogP contribution in [0.5, 0.6) is 0 Å². The molecule has 0 fully saturated rings. The third-order valence-corrected chi connectivity index (χ3v) is 1.85. The summed E-state index contributed by atoms with van der Waals surface area (Å²) >= 11 is 0. The van der Waals surface area contributed by atoms with Crippen molar-refractivity contribution in [1.82, 2.24) is 10.3 Å². The van der Waals surface area contributed by atoms with Crippen LogP contribution in [0.1, 0.15) is 23.8 Å². The minimum Gasteiger partial charge on any atom is -0.480 e. The maximum Gasteiger partial charge on any atom is 0.326 e. The van der Waals surface area contributed by atoms with E-state index in [1.807, 2.05) is 0 Å². The average molecular weight is 196 g/mol. The van der Waals surface area contributed by atoms with Crippen LogP contribution in [0.3, 0.4) is 0 Å². The summed E-state index contributed by atoms with van der Waals surface area (Å²) in [7, 11) is 0. The lowest BCUT2D eigenvalue weighted by atomic mass is 10.2. The van der Waals surface area contributed by atoms with Crippen molar-refractivity contribution in [2.75, 3.05) is 0 Å². The number of aliphatic carboxylic acids is 1. The molecular weight excluding hydrogens is 184 g/mol. The Morgan fingerprint density at radius 3 is 2.79 bits per heavy atom. The number of carboxylic acid groups (broad SMARTS) is 1. The van der Waals surface area contributed by atoms with Gasteiger partial charge < -0.3 is 15.4 Å². The van der Waals surface area contributed by atoms with E-state index < -0.39 is 17.9 Å². The zero-order valence-corrected chi connectivity index (χ0v) is 7.78. The van der Waals surface area contributed by atoms with Crippen molar-refractivity contribution in [2.45, 2.75) is 19.4 Å².